The minimum atomic E-state index is 0.137. The molecule has 0 aliphatic rings. The molecule has 0 aliphatic carbocycles. The minimum Gasteiger partial charge on any atom is -0.325 e. The maximum absolute atomic E-state index is 10.0. The van der Waals surface area contributed by atoms with E-state index >= 15 is 0 Å². The molecule has 4 aromatic heterocycles. The van der Waals surface area contributed by atoms with Crippen LogP contribution in [0.2, 0.25) is 0 Å². The molecule has 11 nitrogen and oxygen atoms in total. The molecule has 6 aromatic rings. The summed E-state index contributed by atoms with van der Waals surface area (Å²) in [5.74, 6) is 0.883. The zero-order valence-electron chi connectivity index (χ0n) is 19.2. The Hall–Kier alpha value is -5.42. The molecule has 0 fully saturated rings. The highest BCUT2D eigenvalue weighted by Gasteiger charge is 2.24. The van der Waals surface area contributed by atoms with Gasteiger partial charge in [0.2, 0.25) is 0 Å². The lowest BCUT2D eigenvalue weighted by Crippen LogP contribution is -1.96. The summed E-state index contributed by atoms with van der Waals surface area (Å²) in [5, 5.41) is 45.6. The number of aromatic amines is 1. The molecule has 0 bridgehead atoms. The second-order valence-corrected chi connectivity index (χ2v) is 8.45. The summed E-state index contributed by atoms with van der Waals surface area (Å²) in [4.78, 5) is 3.31. The van der Waals surface area contributed by atoms with E-state index in [2.05, 4.69) is 47.7 Å². The Morgan fingerprint density at radius 1 is 0.972 bits per heavy atom. The molecule has 0 aliphatic heterocycles. The van der Waals surface area contributed by atoms with Gasteiger partial charge in [0.05, 0.1) is 17.4 Å². The van der Waals surface area contributed by atoms with Crippen LogP contribution in [0.15, 0.2) is 65.0 Å². The lowest BCUT2D eigenvalue weighted by Gasteiger charge is -2.03. The zero-order valence-corrected chi connectivity index (χ0v) is 19.2. The fourth-order valence-electron chi connectivity index (χ4n) is 4.08. The average molecular weight is 471 g/mol. The van der Waals surface area contributed by atoms with Crippen LogP contribution in [0.25, 0.3) is 33.5 Å². The molecule has 6 rings (SSSR count). The van der Waals surface area contributed by atoms with Gasteiger partial charge in [-0.1, -0.05) is 44.2 Å². The molecule has 11 heteroatoms. The lowest BCUT2D eigenvalue weighted by atomic mass is 10.1. The molecule has 0 saturated heterocycles. The number of hydrogen-bond acceptors (Lipinski definition) is 8. The van der Waals surface area contributed by atoms with E-state index in [1.165, 1.54) is 6.20 Å². The summed E-state index contributed by atoms with van der Waals surface area (Å²) >= 11 is 0. The van der Waals surface area contributed by atoms with E-state index in [-0.39, 0.29) is 5.92 Å². The third-order valence-electron chi connectivity index (χ3n) is 5.86. The van der Waals surface area contributed by atoms with Crippen molar-refractivity contribution in [2.75, 3.05) is 0 Å². The zero-order chi connectivity index (χ0) is 24.8. The van der Waals surface area contributed by atoms with Crippen molar-refractivity contribution in [2.45, 2.75) is 19.8 Å². The van der Waals surface area contributed by atoms with Crippen molar-refractivity contribution >= 4 is 33.7 Å². The Bertz CT molecular complexity index is 1890. The van der Waals surface area contributed by atoms with Gasteiger partial charge in [-0.2, -0.15) is 25.8 Å². The van der Waals surface area contributed by atoms with Crippen molar-refractivity contribution in [3.8, 4) is 23.3 Å². The summed E-state index contributed by atoms with van der Waals surface area (Å²) in [6.07, 6.45) is 1.45. The summed E-state index contributed by atoms with van der Waals surface area (Å²) < 4.78 is 3.15. The molecular weight excluding hydrogens is 454 g/mol. The van der Waals surface area contributed by atoms with E-state index in [4.69, 9.17) is 0 Å². The summed E-state index contributed by atoms with van der Waals surface area (Å²) in [6.45, 7) is 4.05. The second kappa shape index (κ2) is 8.11. The normalized spacial score (nSPS) is 11.7. The van der Waals surface area contributed by atoms with Crippen LogP contribution in [-0.2, 0) is 0 Å². The number of azo groups is 1. The van der Waals surface area contributed by atoms with Crippen molar-refractivity contribution in [3.63, 3.8) is 0 Å². The maximum atomic E-state index is 10.0. The molecule has 172 valence electrons. The van der Waals surface area contributed by atoms with Crippen LogP contribution >= 0.6 is 0 Å². The third kappa shape index (κ3) is 3.19. The van der Waals surface area contributed by atoms with Crippen LogP contribution in [0.4, 0.5) is 11.4 Å². The van der Waals surface area contributed by atoms with Crippen molar-refractivity contribution in [1.29, 1.82) is 10.5 Å². The lowest BCUT2D eigenvalue weighted by molar-refractivity contribution is 0.764. The van der Waals surface area contributed by atoms with Gasteiger partial charge in [0, 0.05) is 11.5 Å². The molecule has 0 atom stereocenters. The number of nitrogens with zero attached hydrogens (tertiary/aromatic N) is 10. The first kappa shape index (κ1) is 21.1. The van der Waals surface area contributed by atoms with Gasteiger partial charge in [-0.15, -0.1) is 15.3 Å². The summed E-state index contributed by atoms with van der Waals surface area (Å²) in [6, 6.07) is 19.3. The second-order valence-electron chi connectivity index (χ2n) is 8.45. The number of hydrogen-bond donors (Lipinski definition) is 1. The van der Waals surface area contributed by atoms with Gasteiger partial charge in [-0.05, 0) is 23.8 Å². The van der Waals surface area contributed by atoms with E-state index in [1.807, 2.05) is 44.2 Å². The maximum Gasteiger partial charge on any atom is 0.195 e. The van der Waals surface area contributed by atoms with E-state index in [9.17, 15) is 10.5 Å². The van der Waals surface area contributed by atoms with Crippen LogP contribution in [-0.4, -0.2) is 34.4 Å². The van der Waals surface area contributed by atoms with Crippen molar-refractivity contribution < 1.29 is 0 Å². The summed E-state index contributed by atoms with van der Waals surface area (Å²) in [5.41, 5.74) is 5.48. The number of rotatable bonds is 4. The molecule has 1 N–H and O–H groups in total. The van der Waals surface area contributed by atoms with E-state index in [0.717, 1.165) is 11.4 Å². The minimum absolute atomic E-state index is 0.137. The van der Waals surface area contributed by atoms with Gasteiger partial charge in [-0.25, -0.2) is 9.03 Å². The fourth-order valence-corrected chi connectivity index (χ4v) is 4.08. The number of fused-ring (bicyclic) bond motifs is 4. The molecule has 2 aromatic carbocycles. The molecule has 0 amide bonds. The highest BCUT2D eigenvalue weighted by Crippen LogP contribution is 2.40. The van der Waals surface area contributed by atoms with Gasteiger partial charge in [0.25, 0.3) is 0 Å². The Kier molecular flexibility index (Phi) is 4.76. The molecule has 36 heavy (non-hydrogen) atoms. The van der Waals surface area contributed by atoms with Crippen LogP contribution in [0.3, 0.4) is 0 Å². The smallest absolute Gasteiger partial charge is 0.195 e. The van der Waals surface area contributed by atoms with Crippen LogP contribution in [0.1, 0.15) is 36.8 Å². The molecule has 0 radical (unpaired) electrons. The summed E-state index contributed by atoms with van der Waals surface area (Å²) in [7, 11) is 0. The number of nitrogens with one attached hydrogen (secondary N) is 1. The Labute approximate surface area is 204 Å². The number of nitriles is 2. The first-order valence-electron chi connectivity index (χ1n) is 11.1. The van der Waals surface area contributed by atoms with Crippen LogP contribution in [0, 0.1) is 22.7 Å². The molecule has 0 unspecified atom stereocenters. The number of aromatic nitrogens is 7. The topological polar surface area (TPSA) is 148 Å². The Morgan fingerprint density at radius 3 is 2.56 bits per heavy atom. The van der Waals surface area contributed by atoms with Gasteiger partial charge in [0.1, 0.15) is 34.7 Å². The van der Waals surface area contributed by atoms with Crippen molar-refractivity contribution in [1.82, 2.24) is 34.4 Å². The molecule has 0 saturated carbocycles. The highest BCUT2D eigenvalue weighted by molar-refractivity contribution is 5.90. The van der Waals surface area contributed by atoms with Crippen molar-refractivity contribution in [2.24, 2.45) is 10.2 Å². The number of benzene rings is 2. The van der Waals surface area contributed by atoms with Gasteiger partial charge < -0.3 is 4.98 Å². The monoisotopic (exact) mass is 471 g/mol. The van der Waals surface area contributed by atoms with Crippen LogP contribution in [0.5, 0.6) is 0 Å². The average Bonchev–Trinajstić information content (AvgIpc) is 3.60. The predicted octanol–water partition coefficient (Wildman–Crippen LogP) is 5.20. The largest absolute Gasteiger partial charge is 0.325 e. The van der Waals surface area contributed by atoms with E-state index < -0.39 is 0 Å². The predicted molar refractivity (Wildman–Crippen MR) is 131 cm³/mol. The van der Waals surface area contributed by atoms with Gasteiger partial charge in [0.15, 0.2) is 17.0 Å². The first-order chi connectivity index (χ1) is 17.6. The van der Waals surface area contributed by atoms with E-state index in [1.54, 1.807) is 27.2 Å². The standard InChI is InChI=1S/C25H17N11/c1-14(2)23-29-25-22(21(15-6-4-3-5-7-15)20(12-27)36(25)34-23)32-30-17-8-9-18-19(10-17)35-24(33-31-18)16(11-26)13-28-35/h3-10,13-14H,1-2H3,(H,29,34)/b32-30+. The number of H-pyrrole nitrogens is 1. The molecule has 4 heterocycles. The Balaban J connectivity index is 1.55. The SMILES string of the molecule is CC(C)c1nn2c(C#N)c(-c3ccccc3)c(/N=N/c3ccc4nnc5c(C#N)cnn5c4c3)c2[nH]1. The molecule has 0 spiro atoms. The Morgan fingerprint density at radius 2 is 1.81 bits per heavy atom. The van der Waals surface area contributed by atoms with Crippen LogP contribution < -0.4 is 0 Å². The fraction of sp³-hybridized carbons (Fsp3) is 0.120. The van der Waals surface area contributed by atoms with Gasteiger partial charge >= 0.3 is 0 Å². The highest BCUT2D eigenvalue weighted by atomic mass is 15.3. The van der Waals surface area contributed by atoms with E-state index in [0.29, 0.717) is 50.5 Å². The third-order valence-corrected chi connectivity index (χ3v) is 5.86. The quantitative estimate of drug-likeness (QED) is 0.349. The molecular formula is C25H17N11. The van der Waals surface area contributed by atoms with Gasteiger partial charge in [-0.3, -0.25) is 0 Å². The van der Waals surface area contributed by atoms with Crippen molar-refractivity contribution in [3.05, 3.63) is 71.8 Å². The first-order valence-corrected chi connectivity index (χ1v) is 11.1.